The first-order valence-electron chi connectivity index (χ1n) is 4.70. The molecule has 0 aliphatic heterocycles. The van der Waals surface area contributed by atoms with Crippen molar-refractivity contribution in [2.24, 2.45) is 0 Å². The maximum absolute atomic E-state index is 12.6. The van der Waals surface area contributed by atoms with Crippen molar-refractivity contribution < 1.29 is 13.2 Å². The molecule has 0 aliphatic rings. The van der Waals surface area contributed by atoms with Crippen LogP contribution in [0.5, 0.6) is 0 Å². The first kappa shape index (κ1) is 11.9. The van der Waals surface area contributed by atoms with Gasteiger partial charge in [0.15, 0.2) is 0 Å². The number of anilines is 1. The van der Waals surface area contributed by atoms with Crippen LogP contribution in [-0.4, -0.2) is 14.8 Å². The van der Waals surface area contributed by atoms with E-state index in [1.54, 1.807) is 6.07 Å². The highest BCUT2D eigenvalue weighted by Gasteiger charge is 2.31. The number of aromatic nitrogens is 3. The summed E-state index contributed by atoms with van der Waals surface area (Å²) in [6.07, 6.45) is -3.35. The maximum Gasteiger partial charge on any atom is 0.416 e. The van der Waals surface area contributed by atoms with Crippen molar-refractivity contribution in [1.82, 2.24) is 14.8 Å². The van der Waals surface area contributed by atoms with Crippen molar-refractivity contribution in [2.75, 3.05) is 5.73 Å². The average molecular weight is 253 g/mol. The minimum atomic E-state index is -4.50. The van der Waals surface area contributed by atoms with E-state index in [0.717, 1.165) is 23.1 Å². The summed E-state index contributed by atoms with van der Waals surface area (Å²) in [4.78, 5) is 3.60. The zero-order chi connectivity index (χ0) is 13.3. The monoisotopic (exact) mass is 253 g/mol. The number of nitrogens with zero attached hydrogens (tertiary/aromatic N) is 4. The van der Waals surface area contributed by atoms with Crippen LogP contribution in [0.15, 0.2) is 24.5 Å². The lowest BCUT2D eigenvalue weighted by molar-refractivity contribution is -0.137. The maximum atomic E-state index is 12.6. The van der Waals surface area contributed by atoms with Gasteiger partial charge < -0.3 is 5.73 Å². The molecule has 92 valence electrons. The Morgan fingerprint density at radius 3 is 2.56 bits per heavy atom. The molecule has 8 heteroatoms. The van der Waals surface area contributed by atoms with Gasteiger partial charge in [-0.1, -0.05) is 0 Å². The molecule has 0 unspecified atom stereocenters. The lowest BCUT2D eigenvalue weighted by Crippen LogP contribution is -2.08. The second-order valence-electron chi connectivity index (χ2n) is 3.44. The van der Waals surface area contributed by atoms with E-state index in [1.165, 1.54) is 6.07 Å². The van der Waals surface area contributed by atoms with Crippen LogP contribution in [0.25, 0.3) is 5.69 Å². The summed E-state index contributed by atoms with van der Waals surface area (Å²) in [7, 11) is 0. The molecule has 1 aromatic carbocycles. The van der Waals surface area contributed by atoms with Gasteiger partial charge in [0.2, 0.25) is 0 Å². The van der Waals surface area contributed by atoms with Crippen LogP contribution in [0, 0.1) is 11.3 Å². The summed E-state index contributed by atoms with van der Waals surface area (Å²) in [5, 5.41) is 12.2. The van der Waals surface area contributed by atoms with E-state index in [1.807, 2.05) is 0 Å². The van der Waals surface area contributed by atoms with Crippen LogP contribution in [-0.2, 0) is 6.18 Å². The van der Waals surface area contributed by atoms with Gasteiger partial charge in [0.25, 0.3) is 5.82 Å². The van der Waals surface area contributed by atoms with Crippen molar-refractivity contribution in [2.45, 2.75) is 6.18 Å². The number of hydrogen-bond acceptors (Lipinski definition) is 4. The van der Waals surface area contributed by atoms with Gasteiger partial charge in [-0.15, -0.1) is 5.10 Å². The van der Waals surface area contributed by atoms with Crippen molar-refractivity contribution in [3.8, 4) is 11.8 Å². The van der Waals surface area contributed by atoms with E-state index < -0.39 is 11.7 Å². The molecule has 2 aromatic rings. The standard InChI is InChI=1S/C10H6F3N5/c11-10(12,13)6-1-7(15)3-8(2-6)18-5-16-9(4-14)17-18/h1-3,5H,15H2. The normalized spacial score (nSPS) is 11.2. The molecule has 0 bridgehead atoms. The van der Waals surface area contributed by atoms with Gasteiger partial charge in [-0.25, -0.2) is 9.67 Å². The van der Waals surface area contributed by atoms with E-state index in [2.05, 4.69) is 10.1 Å². The number of nitrogen functional groups attached to an aromatic ring is 1. The van der Waals surface area contributed by atoms with Gasteiger partial charge in [0.1, 0.15) is 12.4 Å². The van der Waals surface area contributed by atoms with Crippen LogP contribution >= 0.6 is 0 Å². The summed E-state index contributed by atoms with van der Waals surface area (Å²) < 4.78 is 38.8. The molecule has 0 spiro atoms. The summed E-state index contributed by atoms with van der Waals surface area (Å²) in [6, 6.07) is 4.70. The van der Waals surface area contributed by atoms with E-state index in [9.17, 15) is 13.2 Å². The van der Waals surface area contributed by atoms with Crippen LogP contribution in [0.2, 0.25) is 0 Å². The van der Waals surface area contributed by atoms with Crippen molar-refractivity contribution in [1.29, 1.82) is 5.26 Å². The van der Waals surface area contributed by atoms with Gasteiger partial charge in [0.05, 0.1) is 11.3 Å². The third kappa shape index (κ3) is 2.24. The highest BCUT2D eigenvalue weighted by molar-refractivity contribution is 5.51. The molecule has 1 aromatic heterocycles. The lowest BCUT2D eigenvalue weighted by Gasteiger charge is -2.09. The van der Waals surface area contributed by atoms with Crippen LogP contribution < -0.4 is 5.73 Å². The molecule has 2 rings (SSSR count). The SMILES string of the molecule is N#Cc1ncn(-c2cc(N)cc(C(F)(F)F)c2)n1. The first-order valence-corrected chi connectivity index (χ1v) is 4.70. The molecular weight excluding hydrogens is 247 g/mol. The third-order valence-corrected chi connectivity index (χ3v) is 2.12. The number of nitriles is 1. The van der Waals surface area contributed by atoms with E-state index >= 15 is 0 Å². The Morgan fingerprint density at radius 1 is 1.28 bits per heavy atom. The predicted octanol–water partition coefficient (Wildman–Crippen LogP) is 1.74. The smallest absolute Gasteiger partial charge is 0.399 e. The average Bonchev–Trinajstić information content (AvgIpc) is 2.75. The quantitative estimate of drug-likeness (QED) is 0.785. The molecule has 0 fully saturated rings. The highest BCUT2D eigenvalue weighted by Crippen LogP contribution is 2.31. The molecule has 18 heavy (non-hydrogen) atoms. The van der Waals surface area contributed by atoms with Crippen molar-refractivity contribution in [3.05, 3.63) is 35.9 Å². The van der Waals surface area contributed by atoms with E-state index in [0.29, 0.717) is 0 Å². The number of halogens is 3. The third-order valence-electron chi connectivity index (χ3n) is 2.12. The van der Waals surface area contributed by atoms with Crippen LogP contribution in [0.4, 0.5) is 18.9 Å². The molecule has 2 N–H and O–H groups in total. The zero-order valence-corrected chi connectivity index (χ0v) is 8.81. The van der Waals surface area contributed by atoms with Gasteiger partial charge >= 0.3 is 6.18 Å². The van der Waals surface area contributed by atoms with Gasteiger partial charge in [-0.2, -0.15) is 18.4 Å². The molecule has 0 atom stereocenters. The summed E-state index contributed by atoms with van der Waals surface area (Å²) in [5.41, 5.74) is 4.57. The van der Waals surface area contributed by atoms with E-state index in [-0.39, 0.29) is 17.2 Å². The summed E-state index contributed by atoms with van der Waals surface area (Å²) in [5.74, 6) is -0.133. The Hall–Kier alpha value is -2.56. The van der Waals surface area contributed by atoms with Crippen molar-refractivity contribution in [3.63, 3.8) is 0 Å². The van der Waals surface area contributed by atoms with Gasteiger partial charge in [-0.05, 0) is 18.2 Å². The zero-order valence-electron chi connectivity index (χ0n) is 8.81. The van der Waals surface area contributed by atoms with E-state index in [4.69, 9.17) is 11.0 Å². The Kier molecular flexibility index (Phi) is 2.67. The number of alkyl halides is 3. The molecule has 5 nitrogen and oxygen atoms in total. The molecule has 1 heterocycles. The Balaban J connectivity index is 2.52. The molecular formula is C10H6F3N5. The van der Waals surface area contributed by atoms with Gasteiger partial charge in [0, 0.05) is 5.69 Å². The van der Waals surface area contributed by atoms with Crippen LogP contribution in [0.3, 0.4) is 0 Å². The Morgan fingerprint density at radius 2 is 2.00 bits per heavy atom. The number of rotatable bonds is 1. The summed E-state index contributed by atoms with van der Waals surface area (Å²) >= 11 is 0. The molecule has 0 amide bonds. The largest absolute Gasteiger partial charge is 0.416 e. The second kappa shape index (κ2) is 4.03. The topological polar surface area (TPSA) is 80.5 Å². The van der Waals surface area contributed by atoms with Crippen LogP contribution in [0.1, 0.15) is 11.4 Å². The fourth-order valence-electron chi connectivity index (χ4n) is 1.37. The first-order chi connectivity index (χ1) is 8.40. The Labute approximate surface area is 99.3 Å². The predicted molar refractivity (Wildman–Crippen MR) is 55.5 cm³/mol. The Bertz CT molecular complexity index is 623. The fourth-order valence-corrected chi connectivity index (χ4v) is 1.37. The number of nitrogens with two attached hydrogens (primary N) is 1. The molecule has 0 aliphatic carbocycles. The minimum absolute atomic E-state index is 0.0474. The van der Waals surface area contributed by atoms with Crippen molar-refractivity contribution >= 4 is 5.69 Å². The fraction of sp³-hybridized carbons (Fsp3) is 0.100. The summed E-state index contributed by atoms with van der Waals surface area (Å²) in [6.45, 7) is 0. The molecule has 0 radical (unpaired) electrons. The minimum Gasteiger partial charge on any atom is -0.399 e. The number of benzene rings is 1. The van der Waals surface area contributed by atoms with Gasteiger partial charge in [-0.3, -0.25) is 0 Å². The lowest BCUT2D eigenvalue weighted by atomic mass is 10.1. The molecule has 0 saturated heterocycles. The highest BCUT2D eigenvalue weighted by atomic mass is 19.4. The second-order valence-corrected chi connectivity index (χ2v) is 3.44. The molecule has 0 saturated carbocycles. The number of hydrogen-bond donors (Lipinski definition) is 1.